The lowest BCUT2D eigenvalue weighted by atomic mass is 10.2. The Kier molecular flexibility index (Phi) is 6.08. The van der Waals surface area contributed by atoms with E-state index in [-0.39, 0.29) is 6.61 Å². The van der Waals surface area contributed by atoms with E-state index < -0.39 is 5.97 Å². The van der Waals surface area contributed by atoms with Crippen LogP contribution in [0, 0.1) is 11.3 Å². The summed E-state index contributed by atoms with van der Waals surface area (Å²) in [6, 6.07) is 8.99. The highest BCUT2D eigenvalue weighted by Gasteiger charge is 2.15. The van der Waals surface area contributed by atoms with Crippen LogP contribution in [-0.4, -0.2) is 29.1 Å². The van der Waals surface area contributed by atoms with E-state index in [4.69, 9.17) is 10.00 Å². The van der Waals surface area contributed by atoms with E-state index in [1.165, 1.54) is 6.20 Å². The molecule has 0 bridgehead atoms. The van der Waals surface area contributed by atoms with Crippen molar-refractivity contribution >= 4 is 23.4 Å². The summed E-state index contributed by atoms with van der Waals surface area (Å²) in [6.45, 7) is 4.74. The zero-order valence-corrected chi connectivity index (χ0v) is 13.7. The lowest BCUT2D eigenvalue weighted by Gasteiger charge is -2.12. The largest absolute Gasteiger partial charge is 0.462 e. The van der Waals surface area contributed by atoms with Crippen LogP contribution in [0.3, 0.4) is 0 Å². The predicted molar refractivity (Wildman–Crippen MR) is 91.2 cm³/mol. The van der Waals surface area contributed by atoms with Crippen molar-refractivity contribution in [2.45, 2.75) is 20.3 Å². The summed E-state index contributed by atoms with van der Waals surface area (Å²) < 4.78 is 5.02. The van der Waals surface area contributed by atoms with Crippen LogP contribution < -0.4 is 10.6 Å². The third-order valence-corrected chi connectivity index (χ3v) is 3.10. The number of ether oxygens (including phenoxy) is 1. The molecule has 0 aliphatic rings. The molecule has 1 aromatic heterocycles. The van der Waals surface area contributed by atoms with Crippen LogP contribution in [0.2, 0.25) is 0 Å². The first-order valence-corrected chi connectivity index (χ1v) is 7.73. The molecule has 2 N–H and O–H groups in total. The van der Waals surface area contributed by atoms with Crippen LogP contribution in [0.25, 0.3) is 0 Å². The van der Waals surface area contributed by atoms with Gasteiger partial charge < -0.3 is 15.4 Å². The number of carbonyl (C=O) groups is 1. The minimum Gasteiger partial charge on any atom is -0.462 e. The topological polar surface area (TPSA) is 99.9 Å². The molecule has 124 valence electrons. The molecule has 24 heavy (non-hydrogen) atoms. The van der Waals surface area contributed by atoms with Gasteiger partial charge in [0, 0.05) is 18.4 Å². The van der Waals surface area contributed by atoms with E-state index in [1.54, 1.807) is 31.2 Å². The first-order chi connectivity index (χ1) is 11.7. The molecule has 0 saturated carbocycles. The summed E-state index contributed by atoms with van der Waals surface area (Å²) in [4.78, 5) is 20.5. The molecular weight excluding hydrogens is 306 g/mol. The number of hydrogen-bond acceptors (Lipinski definition) is 7. The Hall–Kier alpha value is -3.14. The minimum atomic E-state index is -0.457. The standard InChI is InChI=1S/C17H19N5O2/c1-3-9-19-15-14(16(23)24-4-2)11-20-17(22-15)21-13-7-5-12(10-18)6-8-13/h5-8,11H,3-4,9H2,1-2H3,(H2,19,20,21,22). The molecule has 0 radical (unpaired) electrons. The van der Waals surface area contributed by atoms with E-state index in [9.17, 15) is 4.79 Å². The fourth-order valence-corrected chi connectivity index (χ4v) is 1.94. The minimum absolute atomic E-state index is 0.289. The summed E-state index contributed by atoms with van der Waals surface area (Å²) in [5, 5.41) is 15.0. The van der Waals surface area contributed by atoms with Gasteiger partial charge in [-0.2, -0.15) is 10.2 Å². The lowest BCUT2D eigenvalue weighted by molar-refractivity contribution is 0.0526. The lowest BCUT2D eigenvalue weighted by Crippen LogP contribution is -2.13. The number of rotatable bonds is 7. The molecule has 2 aromatic rings. The van der Waals surface area contributed by atoms with Gasteiger partial charge in [-0.3, -0.25) is 0 Å². The van der Waals surface area contributed by atoms with Gasteiger partial charge >= 0.3 is 5.97 Å². The quantitative estimate of drug-likeness (QED) is 0.754. The van der Waals surface area contributed by atoms with Crippen molar-refractivity contribution in [2.75, 3.05) is 23.8 Å². The zero-order chi connectivity index (χ0) is 17.4. The number of benzene rings is 1. The highest BCUT2D eigenvalue weighted by molar-refractivity contribution is 5.94. The van der Waals surface area contributed by atoms with E-state index >= 15 is 0 Å². The molecule has 1 aromatic carbocycles. The summed E-state index contributed by atoms with van der Waals surface area (Å²) in [7, 11) is 0. The average molecular weight is 325 g/mol. The molecule has 2 rings (SSSR count). The predicted octanol–water partition coefficient (Wildman–Crippen LogP) is 3.09. The summed E-state index contributed by atoms with van der Waals surface area (Å²) >= 11 is 0. The SMILES string of the molecule is CCCNc1nc(Nc2ccc(C#N)cc2)ncc1C(=O)OCC. The summed E-state index contributed by atoms with van der Waals surface area (Å²) in [6.07, 6.45) is 2.33. The van der Waals surface area contributed by atoms with Crippen molar-refractivity contribution in [3.63, 3.8) is 0 Å². The monoisotopic (exact) mass is 325 g/mol. The van der Waals surface area contributed by atoms with E-state index in [0.29, 0.717) is 29.4 Å². The van der Waals surface area contributed by atoms with Gasteiger partial charge in [0.25, 0.3) is 0 Å². The molecular formula is C17H19N5O2. The number of hydrogen-bond donors (Lipinski definition) is 2. The van der Waals surface area contributed by atoms with Crippen LogP contribution >= 0.6 is 0 Å². The van der Waals surface area contributed by atoms with Gasteiger partial charge in [0.15, 0.2) is 0 Å². The van der Waals surface area contributed by atoms with Crippen molar-refractivity contribution < 1.29 is 9.53 Å². The second-order valence-electron chi connectivity index (χ2n) is 4.92. The normalized spacial score (nSPS) is 9.88. The number of esters is 1. The summed E-state index contributed by atoms with van der Waals surface area (Å²) in [5.41, 5.74) is 1.62. The highest BCUT2D eigenvalue weighted by atomic mass is 16.5. The number of nitriles is 1. The van der Waals surface area contributed by atoms with Gasteiger partial charge in [0.2, 0.25) is 5.95 Å². The maximum Gasteiger partial charge on any atom is 0.343 e. The van der Waals surface area contributed by atoms with Crippen molar-refractivity contribution in [3.8, 4) is 6.07 Å². The Labute approximate surface area is 140 Å². The van der Waals surface area contributed by atoms with E-state index in [2.05, 4.69) is 26.7 Å². The Balaban J connectivity index is 2.23. The maximum atomic E-state index is 12.0. The second kappa shape index (κ2) is 8.48. The van der Waals surface area contributed by atoms with Crippen LogP contribution in [0.5, 0.6) is 0 Å². The van der Waals surface area contributed by atoms with Gasteiger partial charge in [-0.25, -0.2) is 9.78 Å². The molecule has 1 heterocycles. The number of anilines is 3. The van der Waals surface area contributed by atoms with Crippen LogP contribution in [0.15, 0.2) is 30.5 Å². The Morgan fingerprint density at radius 3 is 2.67 bits per heavy atom. The molecule has 0 aliphatic carbocycles. The van der Waals surface area contributed by atoms with E-state index in [1.807, 2.05) is 6.92 Å². The third kappa shape index (κ3) is 4.43. The Morgan fingerprint density at radius 2 is 2.04 bits per heavy atom. The molecule has 0 spiro atoms. The molecule has 0 unspecified atom stereocenters. The molecule has 0 atom stereocenters. The molecule has 0 saturated heterocycles. The van der Waals surface area contributed by atoms with Gasteiger partial charge in [0.05, 0.1) is 18.2 Å². The first kappa shape index (κ1) is 17.2. The average Bonchev–Trinajstić information content (AvgIpc) is 2.61. The van der Waals surface area contributed by atoms with E-state index in [0.717, 1.165) is 12.1 Å². The summed E-state index contributed by atoms with van der Waals surface area (Å²) in [5.74, 6) is 0.328. The second-order valence-corrected chi connectivity index (χ2v) is 4.92. The van der Waals surface area contributed by atoms with Crippen LogP contribution in [-0.2, 0) is 4.74 Å². The molecule has 0 aliphatic heterocycles. The maximum absolute atomic E-state index is 12.0. The van der Waals surface area contributed by atoms with Gasteiger partial charge in [-0.15, -0.1) is 0 Å². The molecule has 7 heteroatoms. The van der Waals surface area contributed by atoms with Crippen LogP contribution in [0.1, 0.15) is 36.2 Å². The van der Waals surface area contributed by atoms with Crippen LogP contribution in [0.4, 0.5) is 17.5 Å². The van der Waals surface area contributed by atoms with Crippen molar-refractivity contribution in [2.24, 2.45) is 0 Å². The number of nitrogens with one attached hydrogen (secondary N) is 2. The Bertz CT molecular complexity index is 738. The molecule has 0 amide bonds. The smallest absolute Gasteiger partial charge is 0.343 e. The Morgan fingerprint density at radius 1 is 1.29 bits per heavy atom. The number of carbonyl (C=O) groups excluding carboxylic acids is 1. The fraction of sp³-hybridized carbons (Fsp3) is 0.294. The van der Waals surface area contributed by atoms with Gasteiger partial charge in [-0.1, -0.05) is 6.92 Å². The zero-order valence-electron chi connectivity index (χ0n) is 13.7. The highest BCUT2D eigenvalue weighted by Crippen LogP contribution is 2.19. The van der Waals surface area contributed by atoms with Gasteiger partial charge in [0.1, 0.15) is 11.4 Å². The molecule has 7 nitrogen and oxygen atoms in total. The fourth-order valence-electron chi connectivity index (χ4n) is 1.94. The molecule has 0 fully saturated rings. The number of nitrogens with zero attached hydrogens (tertiary/aromatic N) is 3. The third-order valence-electron chi connectivity index (χ3n) is 3.10. The van der Waals surface area contributed by atoms with Crippen molar-refractivity contribution in [1.82, 2.24) is 9.97 Å². The first-order valence-electron chi connectivity index (χ1n) is 7.73. The number of aromatic nitrogens is 2. The van der Waals surface area contributed by atoms with Crippen molar-refractivity contribution in [1.29, 1.82) is 5.26 Å². The van der Waals surface area contributed by atoms with Gasteiger partial charge in [-0.05, 0) is 37.6 Å². The van der Waals surface area contributed by atoms with Crippen molar-refractivity contribution in [3.05, 3.63) is 41.6 Å².